The summed E-state index contributed by atoms with van der Waals surface area (Å²) in [5.41, 5.74) is 3.58. The molecule has 0 atom stereocenters. The first-order valence-electron chi connectivity index (χ1n) is 10.0. The molecule has 1 fully saturated rings. The van der Waals surface area contributed by atoms with Crippen molar-refractivity contribution >= 4 is 9.84 Å². The van der Waals surface area contributed by atoms with E-state index in [0.29, 0.717) is 5.82 Å². The SMILES string of the molecule is Cc1ccc(-c2noc(CS(=O)(=O)c3nc(C)c(C)n3C3CCCCC3)n2)cc1. The fourth-order valence-corrected chi connectivity index (χ4v) is 5.38. The van der Waals surface area contributed by atoms with Crippen LogP contribution in [0.5, 0.6) is 0 Å². The summed E-state index contributed by atoms with van der Waals surface area (Å²) in [6.45, 7) is 5.80. The lowest BCUT2D eigenvalue weighted by Crippen LogP contribution is -2.20. The molecular formula is C21H26N4O3S. The molecule has 1 aliphatic rings. The van der Waals surface area contributed by atoms with Gasteiger partial charge >= 0.3 is 0 Å². The number of rotatable bonds is 5. The van der Waals surface area contributed by atoms with Crippen LogP contribution in [0.1, 0.15) is 61.0 Å². The van der Waals surface area contributed by atoms with Crippen LogP contribution in [0.3, 0.4) is 0 Å². The van der Waals surface area contributed by atoms with Crippen molar-refractivity contribution in [2.75, 3.05) is 0 Å². The Hall–Kier alpha value is -2.48. The Morgan fingerprint density at radius 3 is 2.41 bits per heavy atom. The summed E-state index contributed by atoms with van der Waals surface area (Å²) in [6.07, 6.45) is 5.40. The van der Waals surface area contributed by atoms with Crippen molar-refractivity contribution in [2.45, 2.75) is 69.8 Å². The first kappa shape index (κ1) is 19.8. The Morgan fingerprint density at radius 2 is 1.72 bits per heavy atom. The maximum atomic E-state index is 13.2. The van der Waals surface area contributed by atoms with Crippen LogP contribution in [0.25, 0.3) is 11.4 Å². The highest BCUT2D eigenvalue weighted by molar-refractivity contribution is 7.90. The van der Waals surface area contributed by atoms with Crippen molar-refractivity contribution in [3.63, 3.8) is 0 Å². The van der Waals surface area contributed by atoms with Gasteiger partial charge in [0.2, 0.25) is 26.7 Å². The third-order valence-electron chi connectivity index (χ3n) is 5.66. The predicted octanol–water partition coefficient (Wildman–Crippen LogP) is 4.34. The number of aromatic nitrogens is 4. The number of hydrogen-bond donors (Lipinski definition) is 0. The van der Waals surface area contributed by atoms with Gasteiger partial charge < -0.3 is 9.09 Å². The molecule has 0 amide bonds. The summed E-state index contributed by atoms with van der Waals surface area (Å²) in [7, 11) is -3.71. The van der Waals surface area contributed by atoms with Gasteiger partial charge in [-0.05, 0) is 33.6 Å². The third-order valence-corrected chi connectivity index (χ3v) is 7.14. The number of benzene rings is 1. The standard InChI is InChI=1S/C21H26N4O3S/c1-14-9-11-17(12-10-14)20-23-19(28-24-20)13-29(26,27)21-22-15(2)16(3)25(21)18-7-5-4-6-8-18/h9-12,18H,4-8,13H2,1-3H3. The second-order valence-electron chi connectivity index (χ2n) is 7.86. The second-order valence-corrected chi connectivity index (χ2v) is 9.75. The van der Waals surface area contributed by atoms with Crippen molar-refractivity contribution in [1.29, 1.82) is 0 Å². The van der Waals surface area contributed by atoms with E-state index in [1.807, 2.05) is 49.6 Å². The number of imidazole rings is 1. The van der Waals surface area contributed by atoms with Gasteiger partial charge in [0.15, 0.2) is 0 Å². The molecule has 0 spiro atoms. The lowest BCUT2D eigenvalue weighted by atomic mass is 9.95. The van der Waals surface area contributed by atoms with Crippen molar-refractivity contribution in [1.82, 2.24) is 19.7 Å². The monoisotopic (exact) mass is 414 g/mol. The van der Waals surface area contributed by atoms with Gasteiger partial charge in [-0.1, -0.05) is 54.2 Å². The summed E-state index contributed by atoms with van der Waals surface area (Å²) in [5.74, 6) is 0.112. The summed E-state index contributed by atoms with van der Waals surface area (Å²) < 4.78 is 33.6. The van der Waals surface area contributed by atoms with E-state index in [4.69, 9.17) is 4.52 Å². The summed E-state index contributed by atoms with van der Waals surface area (Å²) in [4.78, 5) is 8.71. The molecule has 1 aromatic carbocycles. The first-order valence-corrected chi connectivity index (χ1v) is 11.7. The summed E-state index contributed by atoms with van der Waals surface area (Å²) in [5, 5.41) is 4.07. The average molecular weight is 415 g/mol. The molecule has 29 heavy (non-hydrogen) atoms. The lowest BCUT2D eigenvalue weighted by Gasteiger charge is -2.25. The molecule has 7 nitrogen and oxygen atoms in total. The highest BCUT2D eigenvalue weighted by Crippen LogP contribution is 2.33. The smallest absolute Gasteiger partial charge is 0.242 e. The quantitative estimate of drug-likeness (QED) is 0.617. The van der Waals surface area contributed by atoms with Crippen molar-refractivity contribution < 1.29 is 12.9 Å². The average Bonchev–Trinajstić information content (AvgIpc) is 3.28. The van der Waals surface area contributed by atoms with E-state index >= 15 is 0 Å². The zero-order valence-corrected chi connectivity index (χ0v) is 17.9. The van der Waals surface area contributed by atoms with Gasteiger partial charge in [-0.2, -0.15) is 4.98 Å². The fourth-order valence-electron chi connectivity index (χ4n) is 3.95. The molecule has 0 radical (unpaired) electrons. The van der Waals surface area contributed by atoms with Gasteiger partial charge in [-0.25, -0.2) is 13.4 Å². The van der Waals surface area contributed by atoms with Gasteiger partial charge in [0, 0.05) is 17.3 Å². The molecule has 0 aliphatic heterocycles. The minimum Gasteiger partial charge on any atom is -0.338 e. The van der Waals surface area contributed by atoms with E-state index in [9.17, 15) is 8.42 Å². The molecule has 3 aromatic rings. The molecule has 0 unspecified atom stereocenters. The maximum absolute atomic E-state index is 13.2. The Morgan fingerprint density at radius 1 is 1.03 bits per heavy atom. The van der Waals surface area contributed by atoms with Gasteiger partial charge in [-0.3, -0.25) is 0 Å². The Kier molecular flexibility index (Phi) is 5.29. The number of hydrogen-bond acceptors (Lipinski definition) is 6. The normalized spacial score (nSPS) is 15.7. The molecule has 4 rings (SSSR count). The van der Waals surface area contributed by atoms with Crippen LogP contribution in [0.4, 0.5) is 0 Å². The largest absolute Gasteiger partial charge is 0.338 e. The Bertz CT molecular complexity index is 1110. The van der Waals surface area contributed by atoms with E-state index in [2.05, 4.69) is 15.1 Å². The van der Waals surface area contributed by atoms with Crippen LogP contribution in [-0.4, -0.2) is 28.1 Å². The molecular weight excluding hydrogens is 388 g/mol. The van der Waals surface area contributed by atoms with Crippen LogP contribution >= 0.6 is 0 Å². The van der Waals surface area contributed by atoms with Gasteiger partial charge in [0.1, 0.15) is 5.75 Å². The maximum Gasteiger partial charge on any atom is 0.242 e. The minimum atomic E-state index is -3.71. The topological polar surface area (TPSA) is 90.9 Å². The molecule has 1 saturated carbocycles. The Balaban J connectivity index is 1.63. The van der Waals surface area contributed by atoms with Crippen molar-refractivity contribution in [3.8, 4) is 11.4 Å². The van der Waals surface area contributed by atoms with Crippen molar-refractivity contribution in [3.05, 3.63) is 47.1 Å². The van der Waals surface area contributed by atoms with E-state index in [0.717, 1.165) is 48.2 Å². The molecule has 0 saturated heterocycles. The number of nitrogens with zero attached hydrogens (tertiary/aromatic N) is 4. The van der Waals surface area contributed by atoms with Crippen LogP contribution < -0.4 is 0 Å². The second kappa shape index (κ2) is 7.74. The zero-order valence-electron chi connectivity index (χ0n) is 17.1. The van der Waals surface area contributed by atoms with Crippen LogP contribution in [0, 0.1) is 20.8 Å². The highest BCUT2D eigenvalue weighted by Gasteiger charge is 2.31. The van der Waals surface area contributed by atoms with E-state index in [1.165, 1.54) is 6.42 Å². The molecule has 8 heteroatoms. The van der Waals surface area contributed by atoms with Crippen LogP contribution in [0.2, 0.25) is 0 Å². The highest BCUT2D eigenvalue weighted by atomic mass is 32.2. The third kappa shape index (κ3) is 3.99. The molecule has 0 bridgehead atoms. The fraction of sp³-hybridized carbons (Fsp3) is 0.476. The van der Waals surface area contributed by atoms with Crippen LogP contribution in [-0.2, 0) is 15.6 Å². The minimum absolute atomic E-state index is 0.0778. The molecule has 1 aliphatic carbocycles. The first-order chi connectivity index (χ1) is 13.8. The lowest BCUT2D eigenvalue weighted by molar-refractivity contribution is 0.329. The Labute approximate surface area is 171 Å². The van der Waals surface area contributed by atoms with Crippen molar-refractivity contribution in [2.24, 2.45) is 0 Å². The predicted molar refractivity (Wildman–Crippen MR) is 109 cm³/mol. The van der Waals surface area contributed by atoms with E-state index in [1.54, 1.807) is 0 Å². The molecule has 2 aromatic heterocycles. The summed E-state index contributed by atoms with van der Waals surface area (Å²) in [6, 6.07) is 7.87. The number of aryl methyl sites for hydroxylation is 2. The van der Waals surface area contributed by atoms with Gasteiger partial charge in [-0.15, -0.1) is 0 Å². The molecule has 0 N–H and O–H groups in total. The van der Waals surface area contributed by atoms with E-state index < -0.39 is 9.84 Å². The van der Waals surface area contributed by atoms with Gasteiger partial charge in [0.05, 0.1) is 5.69 Å². The zero-order chi connectivity index (χ0) is 20.6. The molecule has 154 valence electrons. The number of sulfone groups is 1. The van der Waals surface area contributed by atoms with E-state index in [-0.39, 0.29) is 22.8 Å². The van der Waals surface area contributed by atoms with Gasteiger partial charge in [0.25, 0.3) is 0 Å². The summed E-state index contributed by atoms with van der Waals surface area (Å²) >= 11 is 0. The molecule has 2 heterocycles. The van der Waals surface area contributed by atoms with Crippen LogP contribution in [0.15, 0.2) is 33.9 Å².